The Bertz CT molecular complexity index is 926. The van der Waals surface area contributed by atoms with Crippen LogP contribution >= 0.6 is 0 Å². The molecule has 1 amide bonds. The number of aliphatic hydroxyl groups is 1. The van der Waals surface area contributed by atoms with Crippen molar-refractivity contribution in [2.75, 3.05) is 5.32 Å². The molecule has 5 nitrogen and oxygen atoms in total. The summed E-state index contributed by atoms with van der Waals surface area (Å²) in [5.41, 5.74) is 3.15. The molecule has 0 bridgehead atoms. The molecule has 0 spiro atoms. The lowest BCUT2D eigenvalue weighted by atomic mass is 10.1. The number of carbonyl (C=O) groups excluding carboxylic acids is 1. The van der Waals surface area contributed by atoms with Crippen molar-refractivity contribution in [1.29, 1.82) is 0 Å². The van der Waals surface area contributed by atoms with Gasteiger partial charge in [-0.25, -0.2) is 0 Å². The summed E-state index contributed by atoms with van der Waals surface area (Å²) in [5.74, 6) is 1.77. The van der Waals surface area contributed by atoms with Gasteiger partial charge in [-0.3, -0.25) is 4.79 Å². The summed E-state index contributed by atoms with van der Waals surface area (Å²) in [4.78, 5) is 12.5. The van der Waals surface area contributed by atoms with E-state index < -0.39 is 0 Å². The second-order valence-corrected chi connectivity index (χ2v) is 6.60. The molecule has 0 aliphatic heterocycles. The van der Waals surface area contributed by atoms with Gasteiger partial charge in [-0.05, 0) is 80.9 Å². The summed E-state index contributed by atoms with van der Waals surface area (Å²) in [6.45, 7) is 5.73. The van der Waals surface area contributed by atoms with E-state index in [1.165, 1.54) is 0 Å². The van der Waals surface area contributed by atoms with Crippen molar-refractivity contribution in [2.45, 2.75) is 33.5 Å². The van der Waals surface area contributed by atoms with Gasteiger partial charge in [0.05, 0.1) is 6.10 Å². The van der Waals surface area contributed by atoms with Crippen LogP contribution in [0.4, 0.5) is 5.69 Å². The lowest BCUT2D eigenvalue weighted by Crippen LogP contribution is -2.12. The lowest BCUT2D eigenvalue weighted by Gasteiger charge is -2.11. The zero-order valence-electron chi connectivity index (χ0n) is 15.7. The Hall–Kier alpha value is -3.05. The van der Waals surface area contributed by atoms with Gasteiger partial charge in [0.15, 0.2) is 0 Å². The third-order valence-corrected chi connectivity index (χ3v) is 4.06. The molecule has 0 unspecified atom stereocenters. The smallest absolute Gasteiger partial charge is 0.255 e. The molecule has 2 N–H and O–H groups in total. The Kier molecular flexibility index (Phi) is 5.62. The highest BCUT2D eigenvalue weighted by Crippen LogP contribution is 2.28. The van der Waals surface area contributed by atoms with Crippen LogP contribution in [0.15, 0.2) is 59.0 Å². The molecule has 0 saturated heterocycles. The van der Waals surface area contributed by atoms with Crippen LogP contribution in [0.5, 0.6) is 5.75 Å². The molecular formula is C22H23NO4. The van der Waals surface area contributed by atoms with E-state index in [0.717, 1.165) is 16.9 Å². The molecule has 3 aromatic rings. The van der Waals surface area contributed by atoms with Crippen molar-refractivity contribution in [3.05, 3.63) is 71.5 Å². The van der Waals surface area contributed by atoms with Crippen molar-refractivity contribution in [1.82, 2.24) is 0 Å². The number of hydrogen-bond acceptors (Lipinski definition) is 4. The quantitative estimate of drug-likeness (QED) is 0.659. The minimum absolute atomic E-state index is 0.0915. The first-order chi connectivity index (χ1) is 13.0. The summed E-state index contributed by atoms with van der Waals surface area (Å²) in [6, 6.07) is 16.3. The summed E-state index contributed by atoms with van der Waals surface area (Å²) in [7, 11) is 0. The largest absolute Gasteiger partial charge is 0.491 e. The second-order valence-electron chi connectivity index (χ2n) is 6.60. The third kappa shape index (κ3) is 4.57. The lowest BCUT2D eigenvalue weighted by molar-refractivity contribution is 0.102. The van der Waals surface area contributed by atoms with Gasteiger partial charge in [-0.2, -0.15) is 0 Å². The van der Waals surface area contributed by atoms with Crippen LogP contribution < -0.4 is 10.1 Å². The Balaban J connectivity index is 1.71. The maximum Gasteiger partial charge on any atom is 0.255 e. The molecule has 0 aliphatic rings. The van der Waals surface area contributed by atoms with Crippen LogP contribution in [-0.4, -0.2) is 17.1 Å². The van der Waals surface area contributed by atoms with Gasteiger partial charge < -0.3 is 19.6 Å². The van der Waals surface area contributed by atoms with Crippen LogP contribution in [0, 0.1) is 6.92 Å². The fraction of sp³-hybridized carbons (Fsp3) is 0.227. The van der Waals surface area contributed by atoms with Crippen molar-refractivity contribution >= 4 is 11.6 Å². The van der Waals surface area contributed by atoms with Crippen LogP contribution in [0.1, 0.15) is 35.5 Å². The minimum Gasteiger partial charge on any atom is -0.491 e. The highest BCUT2D eigenvalue weighted by Gasteiger charge is 2.11. The Labute approximate surface area is 158 Å². The average Bonchev–Trinajstić information content (AvgIpc) is 3.11. The number of hydrogen-bond donors (Lipinski definition) is 2. The molecule has 2 aromatic carbocycles. The third-order valence-electron chi connectivity index (χ3n) is 4.06. The van der Waals surface area contributed by atoms with Crippen molar-refractivity contribution in [2.24, 2.45) is 0 Å². The molecule has 3 rings (SSSR count). The van der Waals surface area contributed by atoms with E-state index in [0.29, 0.717) is 22.8 Å². The summed E-state index contributed by atoms with van der Waals surface area (Å²) < 4.78 is 11.2. The Morgan fingerprint density at radius 1 is 1.11 bits per heavy atom. The maximum atomic E-state index is 12.5. The Morgan fingerprint density at radius 3 is 2.44 bits per heavy atom. The standard InChI is InChI=1S/C22H23NO4/c1-14(2)26-18-7-4-16(5-8-18)22(25)23-17-6-10-20(15(3)12-17)21-11-9-19(13-24)27-21/h4-12,14,24H,13H2,1-3H3,(H,23,25). The highest BCUT2D eigenvalue weighted by molar-refractivity contribution is 6.04. The van der Waals surface area contributed by atoms with E-state index in [1.807, 2.05) is 45.0 Å². The van der Waals surface area contributed by atoms with Crippen LogP contribution in [-0.2, 0) is 6.61 Å². The first-order valence-corrected chi connectivity index (χ1v) is 8.85. The number of amides is 1. The van der Waals surface area contributed by atoms with Gasteiger partial charge in [0, 0.05) is 16.8 Å². The summed E-state index contributed by atoms with van der Waals surface area (Å²) in [6.07, 6.45) is 0.0915. The Morgan fingerprint density at radius 2 is 1.85 bits per heavy atom. The number of aliphatic hydroxyl groups excluding tert-OH is 1. The number of benzene rings is 2. The molecule has 140 valence electrons. The molecule has 0 saturated carbocycles. The van der Waals surface area contributed by atoms with Gasteiger partial charge in [0.1, 0.15) is 23.9 Å². The first kappa shape index (κ1) is 18.7. The summed E-state index contributed by atoms with van der Waals surface area (Å²) in [5, 5.41) is 12.0. The summed E-state index contributed by atoms with van der Waals surface area (Å²) >= 11 is 0. The molecule has 1 aromatic heterocycles. The highest BCUT2D eigenvalue weighted by atomic mass is 16.5. The number of furan rings is 1. The SMILES string of the molecule is Cc1cc(NC(=O)c2ccc(OC(C)C)cc2)ccc1-c1ccc(CO)o1. The number of aryl methyl sites for hydroxylation is 1. The van der Waals surface area contributed by atoms with E-state index >= 15 is 0 Å². The molecular weight excluding hydrogens is 342 g/mol. The normalized spacial score (nSPS) is 10.9. The average molecular weight is 365 g/mol. The van der Waals surface area contributed by atoms with Gasteiger partial charge in [-0.15, -0.1) is 0 Å². The minimum atomic E-state index is -0.182. The van der Waals surface area contributed by atoms with Crippen molar-refractivity contribution in [3.8, 4) is 17.1 Å². The van der Waals surface area contributed by atoms with E-state index in [9.17, 15) is 4.79 Å². The molecule has 0 aliphatic carbocycles. The maximum absolute atomic E-state index is 12.5. The van der Waals surface area contributed by atoms with Crippen LogP contribution in [0.3, 0.4) is 0 Å². The van der Waals surface area contributed by atoms with E-state index in [-0.39, 0.29) is 18.6 Å². The molecule has 0 radical (unpaired) electrons. The van der Waals surface area contributed by atoms with Gasteiger partial charge in [0.25, 0.3) is 5.91 Å². The topological polar surface area (TPSA) is 71.7 Å². The number of anilines is 1. The fourth-order valence-electron chi connectivity index (χ4n) is 2.79. The number of ether oxygens (including phenoxy) is 1. The molecule has 0 atom stereocenters. The van der Waals surface area contributed by atoms with Crippen LogP contribution in [0.25, 0.3) is 11.3 Å². The monoisotopic (exact) mass is 365 g/mol. The zero-order chi connectivity index (χ0) is 19.4. The van der Waals surface area contributed by atoms with Gasteiger partial charge in [-0.1, -0.05) is 0 Å². The number of rotatable bonds is 6. The number of nitrogens with one attached hydrogen (secondary N) is 1. The zero-order valence-corrected chi connectivity index (χ0v) is 15.7. The fourth-order valence-corrected chi connectivity index (χ4v) is 2.79. The molecule has 5 heteroatoms. The van der Waals surface area contributed by atoms with Gasteiger partial charge in [0.2, 0.25) is 0 Å². The first-order valence-electron chi connectivity index (χ1n) is 8.85. The van der Waals surface area contributed by atoms with Crippen molar-refractivity contribution < 1.29 is 19.1 Å². The molecule has 0 fully saturated rings. The second kappa shape index (κ2) is 8.10. The van der Waals surface area contributed by atoms with E-state index in [1.54, 1.807) is 30.3 Å². The van der Waals surface area contributed by atoms with Crippen molar-refractivity contribution in [3.63, 3.8) is 0 Å². The van der Waals surface area contributed by atoms with E-state index in [2.05, 4.69) is 5.32 Å². The van der Waals surface area contributed by atoms with Gasteiger partial charge >= 0.3 is 0 Å². The molecule has 1 heterocycles. The molecule has 27 heavy (non-hydrogen) atoms. The number of carbonyl (C=O) groups is 1. The predicted octanol–water partition coefficient (Wildman–Crippen LogP) is 4.79. The van der Waals surface area contributed by atoms with E-state index in [4.69, 9.17) is 14.3 Å². The van der Waals surface area contributed by atoms with Crippen LogP contribution in [0.2, 0.25) is 0 Å². The predicted molar refractivity (Wildman–Crippen MR) is 105 cm³/mol.